The third-order valence-electron chi connectivity index (χ3n) is 5.07. The minimum atomic E-state index is -3.12. The summed E-state index contributed by atoms with van der Waals surface area (Å²) < 4.78 is 24.8. The molecule has 1 amide bonds. The number of hydrogen-bond acceptors (Lipinski definition) is 5. The van der Waals surface area contributed by atoms with Crippen LogP contribution >= 0.6 is 11.8 Å². The van der Waals surface area contributed by atoms with Crippen LogP contribution in [0.5, 0.6) is 0 Å². The molecule has 0 aromatic heterocycles. The number of benzene rings is 2. The van der Waals surface area contributed by atoms with Gasteiger partial charge in [-0.2, -0.15) is 4.31 Å². The lowest BCUT2D eigenvalue weighted by molar-refractivity contribution is 0.0956. The molecule has 0 radical (unpaired) electrons. The van der Waals surface area contributed by atoms with Crippen molar-refractivity contribution in [3.63, 3.8) is 0 Å². The molecular formula is C22H29N3O3S2. The highest BCUT2D eigenvalue weighted by Crippen LogP contribution is 2.17. The van der Waals surface area contributed by atoms with Crippen molar-refractivity contribution in [2.24, 2.45) is 0 Å². The second-order valence-corrected chi connectivity index (χ2v) is 10.7. The number of thioether (sulfide) groups is 1. The molecule has 6 nitrogen and oxygen atoms in total. The van der Waals surface area contributed by atoms with Gasteiger partial charge in [0.1, 0.15) is 0 Å². The first-order valence-electron chi connectivity index (χ1n) is 10.1. The first kappa shape index (κ1) is 22.8. The van der Waals surface area contributed by atoms with E-state index in [9.17, 15) is 13.2 Å². The van der Waals surface area contributed by atoms with Gasteiger partial charge in [0.15, 0.2) is 0 Å². The Bertz CT molecular complexity index is 954. The van der Waals surface area contributed by atoms with Gasteiger partial charge in [-0.3, -0.25) is 9.69 Å². The third-order valence-corrected chi connectivity index (χ3v) is 7.39. The Balaban J connectivity index is 1.45. The summed E-state index contributed by atoms with van der Waals surface area (Å²) in [6.07, 6.45) is 1.25. The quantitative estimate of drug-likeness (QED) is 0.498. The molecule has 0 unspecified atom stereocenters. The predicted octanol–water partition coefficient (Wildman–Crippen LogP) is 2.59. The molecule has 30 heavy (non-hydrogen) atoms. The average molecular weight is 448 g/mol. The van der Waals surface area contributed by atoms with Gasteiger partial charge in [0.05, 0.1) is 6.26 Å². The van der Waals surface area contributed by atoms with Crippen LogP contribution in [0.1, 0.15) is 21.5 Å². The number of nitrogens with zero attached hydrogens (tertiary/aromatic N) is 2. The Kier molecular flexibility index (Phi) is 7.93. The summed E-state index contributed by atoms with van der Waals surface area (Å²) in [5.41, 5.74) is 2.96. The van der Waals surface area contributed by atoms with E-state index in [-0.39, 0.29) is 5.91 Å². The van der Waals surface area contributed by atoms with Gasteiger partial charge in [-0.05, 0) is 36.8 Å². The Morgan fingerprint density at radius 3 is 2.43 bits per heavy atom. The van der Waals surface area contributed by atoms with Gasteiger partial charge in [0.2, 0.25) is 10.0 Å². The molecule has 1 aliphatic heterocycles. The smallest absolute Gasteiger partial charge is 0.251 e. The monoisotopic (exact) mass is 447 g/mol. The van der Waals surface area contributed by atoms with Gasteiger partial charge in [0.25, 0.3) is 5.91 Å². The zero-order valence-corrected chi connectivity index (χ0v) is 19.1. The van der Waals surface area contributed by atoms with Crippen LogP contribution < -0.4 is 5.32 Å². The molecule has 162 valence electrons. The van der Waals surface area contributed by atoms with Crippen LogP contribution in [0.25, 0.3) is 0 Å². The molecule has 0 atom stereocenters. The summed E-state index contributed by atoms with van der Waals surface area (Å²) in [6.45, 7) is 5.80. The van der Waals surface area contributed by atoms with E-state index < -0.39 is 10.0 Å². The lowest BCUT2D eigenvalue weighted by Gasteiger charge is -2.33. The van der Waals surface area contributed by atoms with Gasteiger partial charge >= 0.3 is 0 Å². The minimum Gasteiger partial charge on any atom is -0.351 e. The molecule has 0 aliphatic carbocycles. The first-order chi connectivity index (χ1) is 14.3. The van der Waals surface area contributed by atoms with E-state index in [1.165, 1.54) is 21.0 Å². The fourth-order valence-corrected chi connectivity index (χ4v) is 4.95. The van der Waals surface area contributed by atoms with Gasteiger partial charge in [-0.25, -0.2) is 8.42 Å². The number of rotatable bonds is 8. The van der Waals surface area contributed by atoms with E-state index in [4.69, 9.17) is 0 Å². The zero-order valence-electron chi connectivity index (χ0n) is 17.5. The molecule has 0 bridgehead atoms. The molecule has 0 saturated carbocycles. The first-order valence-corrected chi connectivity index (χ1v) is 12.9. The van der Waals surface area contributed by atoms with Crippen molar-refractivity contribution in [1.29, 1.82) is 0 Å². The number of aryl methyl sites for hydroxylation is 1. The highest BCUT2D eigenvalue weighted by Gasteiger charge is 2.23. The summed E-state index contributed by atoms with van der Waals surface area (Å²) in [4.78, 5) is 15.9. The number of amides is 1. The molecule has 1 aliphatic rings. The van der Waals surface area contributed by atoms with Crippen molar-refractivity contribution in [2.75, 3.05) is 44.7 Å². The molecule has 8 heteroatoms. The Hall–Kier alpha value is -1.87. The van der Waals surface area contributed by atoms with E-state index in [0.29, 0.717) is 44.8 Å². The van der Waals surface area contributed by atoms with Crippen LogP contribution in [-0.4, -0.2) is 68.3 Å². The largest absolute Gasteiger partial charge is 0.351 e. The summed E-state index contributed by atoms with van der Waals surface area (Å²) in [5.74, 6) is 0.752. The molecule has 2 aromatic rings. The molecule has 0 spiro atoms. The maximum atomic E-state index is 12.5. The second-order valence-electron chi connectivity index (χ2n) is 7.56. The Morgan fingerprint density at radius 1 is 1.07 bits per heavy atom. The average Bonchev–Trinajstić information content (AvgIpc) is 2.72. The lowest BCUT2D eigenvalue weighted by atomic mass is 10.1. The number of carbonyl (C=O) groups is 1. The number of sulfonamides is 1. The van der Waals surface area contributed by atoms with E-state index in [1.54, 1.807) is 11.8 Å². The van der Waals surface area contributed by atoms with E-state index >= 15 is 0 Å². The molecule has 1 fully saturated rings. The highest BCUT2D eigenvalue weighted by atomic mass is 32.2. The van der Waals surface area contributed by atoms with Gasteiger partial charge < -0.3 is 5.32 Å². The second kappa shape index (κ2) is 10.4. The summed E-state index contributed by atoms with van der Waals surface area (Å²) in [5, 5.41) is 2.99. The standard InChI is InChI=1S/C22H29N3O3S2/c1-18-6-8-21(9-7-18)29-15-10-23-22(26)20-5-3-4-19(16-20)17-24-11-13-25(14-12-24)30(2,27)28/h3-9,16H,10-15,17H2,1-2H3,(H,23,26). The van der Waals surface area contributed by atoms with Crippen LogP contribution in [0.15, 0.2) is 53.4 Å². The van der Waals surface area contributed by atoms with Crippen LogP contribution in [0.2, 0.25) is 0 Å². The van der Waals surface area contributed by atoms with E-state index in [1.807, 2.05) is 24.3 Å². The normalized spacial score (nSPS) is 15.8. The third kappa shape index (κ3) is 6.84. The molecular weight excluding hydrogens is 418 g/mol. The van der Waals surface area contributed by atoms with E-state index in [0.717, 1.165) is 11.3 Å². The molecule has 1 heterocycles. The van der Waals surface area contributed by atoms with Crippen molar-refractivity contribution in [2.45, 2.75) is 18.4 Å². The van der Waals surface area contributed by atoms with E-state index in [2.05, 4.69) is 41.4 Å². The maximum absolute atomic E-state index is 12.5. The van der Waals surface area contributed by atoms with Crippen LogP contribution in [-0.2, 0) is 16.6 Å². The lowest BCUT2D eigenvalue weighted by Crippen LogP contribution is -2.47. The van der Waals surface area contributed by atoms with Crippen LogP contribution in [0, 0.1) is 6.92 Å². The molecule has 3 rings (SSSR count). The number of piperazine rings is 1. The highest BCUT2D eigenvalue weighted by molar-refractivity contribution is 7.99. The predicted molar refractivity (Wildman–Crippen MR) is 122 cm³/mol. The van der Waals surface area contributed by atoms with Crippen molar-refractivity contribution in [1.82, 2.24) is 14.5 Å². The minimum absolute atomic E-state index is 0.0664. The van der Waals surface area contributed by atoms with Gasteiger partial charge in [0, 0.05) is 55.5 Å². The zero-order chi connectivity index (χ0) is 21.6. The van der Waals surface area contributed by atoms with Crippen molar-refractivity contribution in [3.8, 4) is 0 Å². The van der Waals surface area contributed by atoms with Crippen LogP contribution in [0.3, 0.4) is 0 Å². The van der Waals surface area contributed by atoms with Gasteiger partial charge in [-0.15, -0.1) is 11.8 Å². The molecule has 2 aromatic carbocycles. The van der Waals surface area contributed by atoms with Crippen molar-refractivity contribution in [3.05, 3.63) is 65.2 Å². The fraction of sp³-hybridized carbons (Fsp3) is 0.409. The molecule has 1 saturated heterocycles. The Morgan fingerprint density at radius 2 is 1.77 bits per heavy atom. The summed E-state index contributed by atoms with van der Waals surface area (Å²) in [6, 6.07) is 16.0. The summed E-state index contributed by atoms with van der Waals surface area (Å²) >= 11 is 1.73. The number of hydrogen-bond donors (Lipinski definition) is 1. The molecule has 1 N–H and O–H groups in total. The van der Waals surface area contributed by atoms with Crippen molar-refractivity contribution < 1.29 is 13.2 Å². The number of nitrogens with one attached hydrogen (secondary N) is 1. The maximum Gasteiger partial charge on any atom is 0.251 e. The van der Waals surface area contributed by atoms with Gasteiger partial charge in [-0.1, -0.05) is 29.8 Å². The fourth-order valence-electron chi connectivity index (χ4n) is 3.36. The SMILES string of the molecule is Cc1ccc(SCCNC(=O)c2cccc(CN3CCN(S(C)(=O)=O)CC3)c2)cc1. The summed E-state index contributed by atoms with van der Waals surface area (Å²) in [7, 11) is -3.12. The Labute approximate surface area is 183 Å². The number of carbonyl (C=O) groups excluding carboxylic acids is 1. The van der Waals surface area contributed by atoms with Crippen molar-refractivity contribution >= 4 is 27.7 Å². The topological polar surface area (TPSA) is 69.7 Å². The van der Waals surface area contributed by atoms with Crippen LogP contribution in [0.4, 0.5) is 0 Å².